The predicted molar refractivity (Wildman–Crippen MR) is 86.0 cm³/mol. The van der Waals surface area contributed by atoms with E-state index in [1.54, 1.807) is 6.20 Å². The fourth-order valence-corrected chi connectivity index (χ4v) is 2.25. The molecule has 1 N–H and O–H groups in total. The van der Waals surface area contributed by atoms with Crippen LogP contribution in [0.2, 0.25) is 0 Å². The van der Waals surface area contributed by atoms with Crippen LogP contribution in [0, 0.1) is 0 Å². The van der Waals surface area contributed by atoms with E-state index in [1.807, 2.05) is 59.5 Å². The third kappa shape index (κ3) is 3.77. The highest BCUT2D eigenvalue weighted by molar-refractivity contribution is 5.54. The van der Waals surface area contributed by atoms with Crippen LogP contribution in [-0.2, 0) is 13.1 Å². The van der Waals surface area contributed by atoms with Gasteiger partial charge in [0.15, 0.2) is 5.82 Å². The van der Waals surface area contributed by atoms with E-state index in [0.29, 0.717) is 12.6 Å². The number of hydrogen-bond donors (Lipinski definition) is 1. The second-order valence-electron chi connectivity index (χ2n) is 5.25. The van der Waals surface area contributed by atoms with Crippen LogP contribution in [0.25, 0.3) is 11.4 Å². The molecule has 0 spiro atoms. The number of rotatable bonds is 6. The smallest absolute Gasteiger partial charge is 0.159 e. The summed E-state index contributed by atoms with van der Waals surface area (Å²) in [5, 5.41) is 7.68. The lowest BCUT2D eigenvalue weighted by molar-refractivity contribution is 0.448. The topological polar surface area (TPSA) is 55.6 Å². The zero-order chi connectivity index (χ0) is 15.2. The minimum atomic E-state index is 0.315. The number of aromatic nitrogens is 4. The van der Waals surface area contributed by atoms with E-state index in [9.17, 15) is 0 Å². The summed E-state index contributed by atoms with van der Waals surface area (Å²) in [7, 11) is 0. The summed E-state index contributed by atoms with van der Waals surface area (Å²) in [6.07, 6.45) is 5.57. The van der Waals surface area contributed by atoms with Crippen LogP contribution < -0.4 is 5.32 Å². The molecule has 0 amide bonds. The van der Waals surface area contributed by atoms with Crippen LogP contribution in [0.1, 0.15) is 12.6 Å². The van der Waals surface area contributed by atoms with Crippen molar-refractivity contribution in [2.45, 2.75) is 26.1 Å². The second-order valence-corrected chi connectivity index (χ2v) is 5.25. The maximum atomic E-state index is 4.62. The van der Waals surface area contributed by atoms with Crippen LogP contribution in [0.4, 0.5) is 0 Å². The van der Waals surface area contributed by atoms with Crippen molar-refractivity contribution in [3.05, 3.63) is 66.7 Å². The molecule has 2 heterocycles. The first-order chi connectivity index (χ1) is 10.8. The summed E-state index contributed by atoms with van der Waals surface area (Å²) in [6, 6.07) is 14.2. The molecule has 0 radical (unpaired) electrons. The molecule has 2 aromatic heterocycles. The molecular formula is C17H19N5. The van der Waals surface area contributed by atoms with Gasteiger partial charge in [0.25, 0.3) is 0 Å². The van der Waals surface area contributed by atoms with Crippen LogP contribution in [0.15, 0.2) is 61.1 Å². The van der Waals surface area contributed by atoms with Crippen LogP contribution >= 0.6 is 0 Å². The van der Waals surface area contributed by atoms with Crippen LogP contribution in [0.3, 0.4) is 0 Å². The zero-order valence-electron chi connectivity index (χ0n) is 12.6. The maximum Gasteiger partial charge on any atom is 0.159 e. The van der Waals surface area contributed by atoms with Gasteiger partial charge in [-0.2, -0.15) is 5.10 Å². The molecule has 0 saturated carbocycles. The minimum absolute atomic E-state index is 0.315. The Hall–Kier alpha value is -2.53. The summed E-state index contributed by atoms with van der Waals surface area (Å²) in [5.41, 5.74) is 2.02. The summed E-state index contributed by atoms with van der Waals surface area (Å²) >= 11 is 0. The SMILES string of the molecule is CC(Cn1cccn1)NCc1ccnc(-c2ccccc2)n1. The predicted octanol–water partition coefficient (Wildman–Crippen LogP) is 2.52. The van der Waals surface area contributed by atoms with E-state index < -0.39 is 0 Å². The third-order valence-corrected chi connectivity index (χ3v) is 3.40. The lowest BCUT2D eigenvalue weighted by Crippen LogP contribution is -2.30. The van der Waals surface area contributed by atoms with Gasteiger partial charge >= 0.3 is 0 Å². The van der Waals surface area contributed by atoms with Crippen molar-refractivity contribution in [1.29, 1.82) is 0 Å². The van der Waals surface area contributed by atoms with Crippen molar-refractivity contribution in [3.8, 4) is 11.4 Å². The van der Waals surface area contributed by atoms with Gasteiger partial charge in [-0.05, 0) is 19.1 Å². The summed E-state index contributed by atoms with van der Waals surface area (Å²) in [4.78, 5) is 8.96. The van der Waals surface area contributed by atoms with Crippen LogP contribution in [0.5, 0.6) is 0 Å². The third-order valence-electron chi connectivity index (χ3n) is 3.40. The first kappa shape index (κ1) is 14.4. The van der Waals surface area contributed by atoms with Crippen LogP contribution in [-0.4, -0.2) is 25.8 Å². The van der Waals surface area contributed by atoms with Crippen molar-refractivity contribution >= 4 is 0 Å². The van der Waals surface area contributed by atoms with Gasteiger partial charge in [-0.3, -0.25) is 4.68 Å². The zero-order valence-corrected chi connectivity index (χ0v) is 12.6. The van der Waals surface area contributed by atoms with Crippen molar-refractivity contribution in [2.24, 2.45) is 0 Å². The fourth-order valence-electron chi connectivity index (χ4n) is 2.25. The quantitative estimate of drug-likeness (QED) is 0.759. The molecule has 0 aliphatic carbocycles. The molecule has 0 aliphatic rings. The fraction of sp³-hybridized carbons (Fsp3) is 0.235. The molecule has 3 aromatic rings. The number of nitrogens with one attached hydrogen (secondary N) is 1. The summed E-state index contributed by atoms with van der Waals surface area (Å²) < 4.78 is 1.92. The Morgan fingerprint density at radius 3 is 2.73 bits per heavy atom. The average Bonchev–Trinajstić information content (AvgIpc) is 3.07. The first-order valence-corrected chi connectivity index (χ1v) is 7.39. The van der Waals surface area contributed by atoms with Gasteiger partial charge < -0.3 is 5.32 Å². The van der Waals surface area contributed by atoms with E-state index in [1.165, 1.54) is 0 Å². The molecule has 3 rings (SSSR count). The van der Waals surface area contributed by atoms with Gasteiger partial charge in [0.1, 0.15) is 0 Å². The van der Waals surface area contributed by atoms with E-state index in [-0.39, 0.29) is 0 Å². The number of hydrogen-bond acceptors (Lipinski definition) is 4. The van der Waals surface area contributed by atoms with Gasteiger partial charge in [0, 0.05) is 36.7 Å². The molecule has 1 atom stereocenters. The number of nitrogens with zero attached hydrogens (tertiary/aromatic N) is 4. The molecule has 0 saturated heterocycles. The highest BCUT2D eigenvalue weighted by atomic mass is 15.3. The molecular weight excluding hydrogens is 274 g/mol. The molecule has 22 heavy (non-hydrogen) atoms. The van der Waals surface area contributed by atoms with Gasteiger partial charge in [0.2, 0.25) is 0 Å². The highest BCUT2D eigenvalue weighted by Crippen LogP contribution is 2.13. The molecule has 0 fully saturated rings. The van der Waals surface area contributed by atoms with Gasteiger partial charge in [-0.15, -0.1) is 0 Å². The van der Waals surface area contributed by atoms with Crippen molar-refractivity contribution in [2.75, 3.05) is 0 Å². The Labute approximate surface area is 130 Å². The Balaban J connectivity index is 1.61. The lowest BCUT2D eigenvalue weighted by Gasteiger charge is -2.13. The Morgan fingerprint density at radius 1 is 1.09 bits per heavy atom. The monoisotopic (exact) mass is 293 g/mol. The van der Waals surface area contributed by atoms with Gasteiger partial charge in [-0.1, -0.05) is 30.3 Å². The molecule has 1 unspecified atom stereocenters. The van der Waals surface area contributed by atoms with E-state index in [0.717, 1.165) is 23.6 Å². The molecule has 5 heteroatoms. The van der Waals surface area contributed by atoms with Gasteiger partial charge in [0.05, 0.1) is 12.2 Å². The highest BCUT2D eigenvalue weighted by Gasteiger charge is 2.05. The maximum absolute atomic E-state index is 4.62. The van der Waals surface area contributed by atoms with E-state index >= 15 is 0 Å². The van der Waals surface area contributed by atoms with E-state index in [2.05, 4.69) is 27.3 Å². The number of benzene rings is 1. The summed E-state index contributed by atoms with van der Waals surface area (Å²) in [6.45, 7) is 3.69. The Morgan fingerprint density at radius 2 is 1.95 bits per heavy atom. The van der Waals surface area contributed by atoms with Crippen molar-refractivity contribution in [3.63, 3.8) is 0 Å². The molecule has 5 nitrogen and oxygen atoms in total. The Bertz CT molecular complexity index is 694. The molecule has 112 valence electrons. The molecule has 0 aliphatic heterocycles. The normalized spacial score (nSPS) is 12.2. The Kier molecular flexibility index (Phi) is 4.56. The average molecular weight is 293 g/mol. The summed E-state index contributed by atoms with van der Waals surface area (Å²) in [5.74, 6) is 0.764. The van der Waals surface area contributed by atoms with Gasteiger partial charge in [-0.25, -0.2) is 9.97 Å². The lowest BCUT2D eigenvalue weighted by atomic mass is 10.2. The largest absolute Gasteiger partial charge is 0.307 e. The molecule has 1 aromatic carbocycles. The molecule has 0 bridgehead atoms. The standard InChI is InChI=1S/C17H19N5/c1-14(13-22-11-5-9-20-22)19-12-16-8-10-18-17(21-16)15-6-3-2-4-7-15/h2-11,14,19H,12-13H2,1H3. The minimum Gasteiger partial charge on any atom is -0.307 e. The van der Waals surface area contributed by atoms with E-state index in [4.69, 9.17) is 0 Å². The second kappa shape index (κ2) is 6.95. The first-order valence-electron chi connectivity index (χ1n) is 7.39. The van der Waals surface area contributed by atoms with Crippen molar-refractivity contribution in [1.82, 2.24) is 25.1 Å². The van der Waals surface area contributed by atoms with Crippen molar-refractivity contribution < 1.29 is 0 Å².